The lowest BCUT2D eigenvalue weighted by atomic mass is 10.1. The summed E-state index contributed by atoms with van der Waals surface area (Å²) in [7, 11) is 1.44. The SMILES string of the molecule is COc1ccccc1C(=O)Nc1cccc(C(=O)O)c1O. The average molecular weight is 287 g/mol. The Morgan fingerprint density at radius 1 is 1.05 bits per heavy atom. The number of aromatic carboxylic acids is 1. The molecule has 0 spiro atoms. The van der Waals surface area contributed by atoms with Gasteiger partial charge >= 0.3 is 5.97 Å². The van der Waals surface area contributed by atoms with Crippen molar-refractivity contribution < 1.29 is 24.5 Å². The summed E-state index contributed by atoms with van der Waals surface area (Å²) in [4.78, 5) is 23.1. The molecule has 3 N–H and O–H groups in total. The van der Waals surface area contributed by atoms with Gasteiger partial charge in [0.25, 0.3) is 5.91 Å². The first kappa shape index (κ1) is 14.4. The van der Waals surface area contributed by atoms with Crippen molar-refractivity contribution >= 4 is 17.6 Å². The highest BCUT2D eigenvalue weighted by Crippen LogP contribution is 2.28. The number of carbonyl (C=O) groups excluding carboxylic acids is 1. The molecule has 0 atom stereocenters. The average Bonchev–Trinajstić information content (AvgIpc) is 2.48. The number of amides is 1. The molecule has 21 heavy (non-hydrogen) atoms. The monoisotopic (exact) mass is 287 g/mol. The van der Waals surface area contributed by atoms with Crippen LogP contribution in [0.15, 0.2) is 42.5 Å². The van der Waals surface area contributed by atoms with Crippen LogP contribution in [0.25, 0.3) is 0 Å². The molecule has 6 nitrogen and oxygen atoms in total. The topological polar surface area (TPSA) is 95.9 Å². The van der Waals surface area contributed by atoms with Crippen molar-refractivity contribution in [3.05, 3.63) is 53.6 Å². The van der Waals surface area contributed by atoms with Gasteiger partial charge in [0.1, 0.15) is 11.3 Å². The van der Waals surface area contributed by atoms with Gasteiger partial charge in [0.15, 0.2) is 5.75 Å². The van der Waals surface area contributed by atoms with Crippen LogP contribution >= 0.6 is 0 Å². The molecule has 0 aromatic heterocycles. The molecule has 0 aliphatic rings. The predicted octanol–water partition coefficient (Wildman–Crippen LogP) is 2.35. The number of carboxylic acids is 1. The lowest BCUT2D eigenvalue weighted by molar-refractivity contribution is 0.0693. The molecule has 1 amide bonds. The minimum Gasteiger partial charge on any atom is -0.505 e. The number of anilines is 1. The molecule has 0 fully saturated rings. The third-order valence-electron chi connectivity index (χ3n) is 2.87. The summed E-state index contributed by atoms with van der Waals surface area (Å²) in [6.07, 6.45) is 0. The molecule has 2 rings (SSSR count). The Labute approximate surface area is 120 Å². The number of ether oxygens (including phenoxy) is 1. The summed E-state index contributed by atoms with van der Waals surface area (Å²) in [6.45, 7) is 0. The van der Waals surface area contributed by atoms with Crippen molar-refractivity contribution in [1.29, 1.82) is 0 Å². The molecule has 108 valence electrons. The Morgan fingerprint density at radius 2 is 1.71 bits per heavy atom. The normalized spacial score (nSPS) is 9.95. The minimum absolute atomic E-state index is 0.0193. The van der Waals surface area contributed by atoms with Crippen LogP contribution in [0.4, 0.5) is 5.69 Å². The predicted molar refractivity (Wildman–Crippen MR) is 76.0 cm³/mol. The Bertz CT molecular complexity index is 696. The van der Waals surface area contributed by atoms with Gasteiger partial charge in [0.05, 0.1) is 18.4 Å². The second-order valence-corrected chi connectivity index (χ2v) is 4.16. The van der Waals surface area contributed by atoms with Crippen molar-refractivity contribution in [3.63, 3.8) is 0 Å². The van der Waals surface area contributed by atoms with Gasteiger partial charge in [-0.05, 0) is 24.3 Å². The van der Waals surface area contributed by atoms with Crippen molar-refractivity contribution in [1.82, 2.24) is 0 Å². The van der Waals surface area contributed by atoms with E-state index in [0.717, 1.165) is 0 Å². The van der Waals surface area contributed by atoms with Gasteiger partial charge in [0, 0.05) is 0 Å². The molecule has 0 saturated heterocycles. The van der Waals surface area contributed by atoms with E-state index in [1.165, 1.54) is 25.3 Å². The van der Waals surface area contributed by atoms with E-state index in [2.05, 4.69) is 5.32 Å². The fourth-order valence-electron chi connectivity index (χ4n) is 1.84. The lowest BCUT2D eigenvalue weighted by Gasteiger charge is -2.11. The highest BCUT2D eigenvalue weighted by atomic mass is 16.5. The van der Waals surface area contributed by atoms with Gasteiger partial charge in [-0.2, -0.15) is 0 Å². The van der Waals surface area contributed by atoms with E-state index in [1.807, 2.05) is 0 Å². The molecule has 0 saturated carbocycles. The second kappa shape index (κ2) is 5.96. The standard InChI is InChI=1S/C15H13NO5/c1-21-12-8-3-2-5-9(12)14(18)16-11-7-4-6-10(13(11)17)15(19)20/h2-8,17H,1H3,(H,16,18)(H,19,20). The highest BCUT2D eigenvalue weighted by molar-refractivity contribution is 6.07. The Kier molecular flexibility index (Phi) is 4.08. The molecule has 2 aromatic rings. The van der Waals surface area contributed by atoms with Gasteiger partial charge in [-0.15, -0.1) is 0 Å². The maximum atomic E-state index is 12.2. The zero-order valence-corrected chi connectivity index (χ0v) is 11.2. The van der Waals surface area contributed by atoms with Crippen molar-refractivity contribution in [2.45, 2.75) is 0 Å². The third kappa shape index (κ3) is 2.94. The van der Waals surface area contributed by atoms with E-state index in [4.69, 9.17) is 9.84 Å². The molecule has 0 unspecified atom stereocenters. The molecule has 0 bridgehead atoms. The molecule has 6 heteroatoms. The first-order valence-corrected chi connectivity index (χ1v) is 6.04. The van der Waals surface area contributed by atoms with Crippen LogP contribution in [0.3, 0.4) is 0 Å². The molecular formula is C15H13NO5. The Hall–Kier alpha value is -3.02. The van der Waals surface area contributed by atoms with Crippen molar-refractivity contribution in [3.8, 4) is 11.5 Å². The van der Waals surface area contributed by atoms with E-state index in [-0.39, 0.29) is 16.8 Å². The zero-order chi connectivity index (χ0) is 15.4. The van der Waals surface area contributed by atoms with Crippen LogP contribution in [0.5, 0.6) is 11.5 Å². The van der Waals surface area contributed by atoms with Crippen LogP contribution in [0, 0.1) is 0 Å². The van der Waals surface area contributed by atoms with Crippen LogP contribution in [0.2, 0.25) is 0 Å². The zero-order valence-electron chi connectivity index (χ0n) is 11.2. The number of para-hydroxylation sites is 2. The summed E-state index contributed by atoms with van der Waals surface area (Å²) in [6, 6.07) is 10.7. The Balaban J connectivity index is 2.32. The van der Waals surface area contributed by atoms with E-state index >= 15 is 0 Å². The van der Waals surface area contributed by atoms with Gasteiger partial charge in [-0.3, -0.25) is 4.79 Å². The number of carboxylic acid groups (broad SMARTS) is 1. The minimum atomic E-state index is -1.28. The van der Waals surface area contributed by atoms with E-state index in [0.29, 0.717) is 5.75 Å². The summed E-state index contributed by atoms with van der Waals surface area (Å²) < 4.78 is 5.08. The first-order chi connectivity index (χ1) is 10.0. The van der Waals surface area contributed by atoms with Crippen LogP contribution < -0.4 is 10.1 Å². The summed E-state index contributed by atoms with van der Waals surface area (Å²) in [5.74, 6) is -1.90. The van der Waals surface area contributed by atoms with Crippen LogP contribution in [-0.4, -0.2) is 29.2 Å². The van der Waals surface area contributed by atoms with E-state index in [1.54, 1.807) is 24.3 Å². The first-order valence-electron chi connectivity index (χ1n) is 6.04. The van der Waals surface area contributed by atoms with E-state index in [9.17, 15) is 14.7 Å². The van der Waals surface area contributed by atoms with Crippen LogP contribution in [0.1, 0.15) is 20.7 Å². The second-order valence-electron chi connectivity index (χ2n) is 4.16. The smallest absolute Gasteiger partial charge is 0.339 e. The number of aromatic hydroxyl groups is 1. The number of benzene rings is 2. The molecule has 0 radical (unpaired) electrons. The highest BCUT2D eigenvalue weighted by Gasteiger charge is 2.17. The van der Waals surface area contributed by atoms with Gasteiger partial charge < -0.3 is 20.3 Å². The summed E-state index contributed by atoms with van der Waals surface area (Å²) in [5.41, 5.74) is 0.0127. The van der Waals surface area contributed by atoms with E-state index < -0.39 is 17.6 Å². The number of rotatable bonds is 4. The van der Waals surface area contributed by atoms with Gasteiger partial charge in [-0.25, -0.2) is 4.79 Å². The molecule has 0 aliphatic carbocycles. The van der Waals surface area contributed by atoms with Gasteiger partial charge in [0.2, 0.25) is 0 Å². The molecular weight excluding hydrogens is 274 g/mol. The molecule has 2 aromatic carbocycles. The maximum absolute atomic E-state index is 12.2. The van der Waals surface area contributed by atoms with Gasteiger partial charge in [-0.1, -0.05) is 18.2 Å². The summed E-state index contributed by atoms with van der Waals surface area (Å²) >= 11 is 0. The Morgan fingerprint density at radius 3 is 2.38 bits per heavy atom. The van der Waals surface area contributed by atoms with Crippen molar-refractivity contribution in [2.24, 2.45) is 0 Å². The molecule has 0 aliphatic heterocycles. The number of methoxy groups -OCH3 is 1. The van der Waals surface area contributed by atoms with Crippen molar-refractivity contribution in [2.75, 3.05) is 12.4 Å². The lowest BCUT2D eigenvalue weighted by Crippen LogP contribution is -2.13. The number of hydrogen-bond acceptors (Lipinski definition) is 4. The maximum Gasteiger partial charge on any atom is 0.339 e. The number of nitrogens with one attached hydrogen (secondary N) is 1. The molecule has 0 heterocycles. The fourth-order valence-corrected chi connectivity index (χ4v) is 1.84. The number of carbonyl (C=O) groups is 2. The van der Waals surface area contributed by atoms with Crippen LogP contribution in [-0.2, 0) is 0 Å². The number of hydrogen-bond donors (Lipinski definition) is 3. The largest absolute Gasteiger partial charge is 0.505 e. The quantitative estimate of drug-likeness (QED) is 0.750. The summed E-state index contributed by atoms with van der Waals surface area (Å²) in [5, 5.41) is 21.2. The fraction of sp³-hybridized carbons (Fsp3) is 0.0667. The third-order valence-corrected chi connectivity index (χ3v) is 2.87. The number of phenols is 1.